The lowest BCUT2D eigenvalue weighted by molar-refractivity contribution is -0.139. The van der Waals surface area contributed by atoms with Crippen molar-refractivity contribution in [2.75, 3.05) is 5.75 Å². The first-order valence-electron chi connectivity index (χ1n) is 5.45. The number of thioether (sulfide) groups is 1. The molecule has 0 aliphatic heterocycles. The van der Waals surface area contributed by atoms with Crippen molar-refractivity contribution < 1.29 is 14.3 Å². The highest BCUT2D eigenvalue weighted by atomic mass is 32.2. The van der Waals surface area contributed by atoms with Crippen LogP contribution in [0, 0.1) is 13.8 Å². The summed E-state index contributed by atoms with van der Waals surface area (Å²) in [5, 5.41) is 12.5. The van der Waals surface area contributed by atoms with Crippen LogP contribution >= 0.6 is 11.8 Å². The number of hydrogen-bond acceptors (Lipinski definition) is 5. The molecule has 1 atom stereocenters. The lowest BCUT2D eigenvalue weighted by atomic mass is 10.3. The van der Waals surface area contributed by atoms with Gasteiger partial charge in [0, 0.05) is 11.8 Å². The topological polar surface area (TPSA) is 75.4 Å². The zero-order valence-electron chi connectivity index (χ0n) is 10.5. The van der Waals surface area contributed by atoms with Gasteiger partial charge in [0.15, 0.2) is 0 Å². The van der Waals surface area contributed by atoms with Crippen LogP contribution in [-0.4, -0.2) is 33.9 Å². The highest BCUT2D eigenvalue weighted by Crippen LogP contribution is 2.20. The van der Waals surface area contributed by atoms with Gasteiger partial charge in [0.1, 0.15) is 11.8 Å². The van der Waals surface area contributed by atoms with Gasteiger partial charge < -0.3 is 14.8 Å². The summed E-state index contributed by atoms with van der Waals surface area (Å²) < 4.78 is 5.38. The lowest BCUT2D eigenvalue weighted by Gasteiger charge is -2.15. The first-order valence-corrected chi connectivity index (χ1v) is 6.44. The number of aromatic nitrogens is 1. The summed E-state index contributed by atoms with van der Waals surface area (Å²) in [6.07, 6.45) is 0. The third-order valence-electron chi connectivity index (χ3n) is 2.21. The summed E-state index contributed by atoms with van der Waals surface area (Å²) in [6, 6.07) is -0.461. The van der Waals surface area contributed by atoms with Gasteiger partial charge in [-0.1, -0.05) is 25.6 Å². The molecule has 0 radical (unpaired) electrons. The number of oxazole rings is 1. The van der Waals surface area contributed by atoms with Gasteiger partial charge in [-0.05, 0) is 13.8 Å². The predicted octanol–water partition coefficient (Wildman–Crippen LogP) is 1.83. The first-order chi connectivity index (χ1) is 7.90. The fourth-order valence-corrected chi connectivity index (χ4v) is 2.19. The molecule has 1 rings (SSSR count). The summed E-state index contributed by atoms with van der Waals surface area (Å²) in [4.78, 5) is 15.2. The molecule has 17 heavy (non-hydrogen) atoms. The molecule has 0 amide bonds. The Bertz CT molecular complexity index is 371. The van der Waals surface area contributed by atoms with Crippen molar-refractivity contribution in [1.82, 2.24) is 10.3 Å². The Morgan fingerprint density at radius 2 is 2.18 bits per heavy atom. The van der Waals surface area contributed by atoms with Gasteiger partial charge in [0.2, 0.25) is 0 Å². The molecule has 0 aliphatic rings. The maximum Gasteiger partial charge on any atom is 0.321 e. The van der Waals surface area contributed by atoms with Gasteiger partial charge in [-0.2, -0.15) is 0 Å². The monoisotopic (exact) mass is 258 g/mol. The van der Waals surface area contributed by atoms with E-state index in [1.54, 1.807) is 0 Å². The summed E-state index contributed by atoms with van der Waals surface area (Å²) in [6.45, 7) is 7.54. The molecule has 2 N–H and O–H groups in total. The van der Waals surface area contributed by atoms with E-state index in [4.69, 9.17) is 9.52 Å². The van der Waals surface area contributed by atoms with Crippen molar-refractivity contribution in [3.8, 4) is 0 Å². The summed E-state index contributed by atoms with van der Waals surface area (Å²) >= 11 is 1.31. The SMILES string of the molecule is Cc1nc(SCC(NC(C)C)C(=O)O)oc1C. The largest absolute Gasteiger partial charge is 0.480 e. The van der Waals surface area contributed by atoms with Crippen LogP contribution in [0.15, 0.2) is 9.64 Å². The molecular weight excluding hydrogens is 240 g/mol. The van der Waals surface area contributed by atoms with Gasteiger partial charge >= 0.3 is 5.97 Å². The minimum atomic E-state index is -0.855. The highest BCUT2D eigenvalue weighted by Gasteiger charge is 2.19. The number of carboxylic acids is 1. The molecule has 5 nitrogen and oxygen atoms in total. The molecule has 96 valence electrons. The van der Waals surface area contributed by atoms with Crippen LogP contribution in [0.4, 0.5) is 0 Å². The number of aliphatic carboxylic acids is 1. The van der Waals surface area contributed by atoms with Crippen LogP contribution in [0.25, 0.3) is 0 Å². The Hall–Kier alpha value is -1.01. The van der Waals surface area contributed by atoms with Crippen LogP contribution in [0.5, 0.6) is 0 Å². The molecule has 6 heteroatoms. The third-order valence-corrected chi connectivity index (χ3v) is 3.14. The van der Waals surface area contributed by atoms with E-state index in [9.17, 15) is 4.79 Å². The van der Waals surface area contributed by atoms with Crippen molar-refractivity contribution in [2.24, 2.45) is 0 Å². The average molecular weight is 258 g/mol. The van der Waals surface area contributed by atoms with Gasteiger partial charge in [0.05, 0.1) is 5.69 Å². The molecule has 0 saturated carbocycles. The standard InChI is InChI=1S/C11H18N2O3S/c1-6(2)12-9(10(14)15)5-17-11-13-7(3)8(4)16-11/h6,9,12H,5H2,1-4H3,(H,14,15). The molecule has 1 unspecified atom stereocenters. The van der Waals surface area contributed by atoms with E-state index in [2.05, 4.69) is 10.3 Å². The van der Waals surface area contributed by atoms with Crippen LogP contribution in [0.3, 0.4) is 0 Å². The van der Waals surface area contributed by atoms with E-state index in [1.165, 1.54) is 11.8 Å². The molecule has 0 fully saturated rings. The number of hydrogen-bond donors (Lipinski definition) is 2. The second-order valence-electron chi connectivity index (χ2n) is 4.14. The molecule has 0 spiro atoms. The number of nitrogens with one attached hydrogen (secondary N) is 1. The van der Waals surface area contributed by atoms with Crippen molar-refractivity contribution in [3.05, 3.63) is 11.5 Å². The number of carbonyl (C=O) groups is 1. The van der Waals surface area contributed by atoms with E-state index in [-0.39, 0.29) is 6.04 Å². The zero-order chi connectivity index (χ0) is 13.0. The summed E-state index contributed by atoms with van der Waals surface area (Å²) in [7, 11) is 0. The Balaban J connectivity index is 2.54. The summed E-state index contributed by atoms with van der Waals surface area (Å²) in [5.41, 5.74) is 0.844. The average Bonchev–Trinajstić information content (AvgIpc) is 2.52. The highest BCUT2D eigenvalue weighted by molar-refractivity contribution is 7.99. The van der Waals surface area contributed by atoms with E-state index >= 15 is 0 Å². The fraction of sp³-hybridized carbons (Fsp3) is 0.636. The minimum Gasteiger partial charge on any atom is -0.480 e. The Morgan fingerprint density at radius 3 is 2.59 bits per heavy atom. The minimum absolute atomic E-state index is 0.129. The lowest BCUT2D eigenvalue weighted by Crippen LogP contribution is -2.42. The quantitative estimate of drug-likeness (QED) is 0.758. The van der Waals surface area contributed by atoms with Crippen molar-refractivity contribution >= 4 is 17.7 Å². The second-order valence-corrected chi connectivity index (χ2v) is 5.12. The van der Waals surface area contributed by atoms with Gasteiger partial charge in [-0.15, -0.1) is 0 Å². The Morgan fingerprint density at radius 1 is 1.53 bits per heavy atom. The molecule has 1 aromatic heterocycles. The Labute approximate surface area is 105 Å². The third kappa shape index (κ3) is 4.40. The van der Waals surface area contributed by atoms with Crippen LogP contribution in [0.1, 0.15) is 25.3 Å². The molecule has 1 heterocycles. The molecule has 0 bridgehead atoms. The fourth-order valence-electron chi connectivity index (χ4n) is 1.25. The van der Waals surface area contributed by atoms with E-state index < -0.39 is 12.0 Å². The summed E-state index contributed by atoms with van der Waals surface area (Å²) in [5.74, 6) is 0.315. The van der Waals surface area contributed by atoms with Crippen LogP contribution in [-0.2, 0) is 4.79 Å². The molecule has 0 saturated heterocycles. The smallest absolute Gasteiger partial charge is 0.321 e. The number of nitrogens with zero attached hydrogens (tertiary/aromatic N) is 1. The number of aryl methyl sites for hydroxylation is 2. The predicted molar refractivity (Wildman–Crippen MR) is 66.4 cm³/mol. The molecular formula is C11H18N2O3S. The number of rotatable bonds is 6. The molecule has 1 aromatic rings. The maximum atomic E-state index is 11.0. The Kier molecular flexibility index (Phi) is 5.02. The van der Waals surface area contributed by atoms with Gasteiger partial charge in [0.25, 0.3) is 5.22 Å². The van der Waals surface area contributed by atoms with E-state index in [1.807, 2.05) is 27.7 Å². The van der Waals surface area contributed by atoms with Crippen molar-refractivity contribution in [3.63, 3.8) is 0 Å². The van der Waals surface area contributed by atoms with E-state index in [0.29, 0.717) is 11.0 Å². The van der Waals surface area contributed by atoms with E-state index in [0.717, 1.165) is 11.5 Å². The van der Waals surface area contributed by atoms with Gasteiger partial charge in [-0.25, -0.2) is 4.98 Å². The molecule has 0 aliphatic carbocycles. The maximum absolute atomic E-state index is 11.0. The first kappa shape index (κ1) is 14.1. The van der Waals surface area contributed by atoms with Crippen LogP contribution in [0.2, 0.25) is 0 Å². The van der Waals surface area contributed by atoms with Gasteiger partial charge in [-0.3, -0.25) is 4.79 Å². The number of carboxylic acid groups (broad SMARTS) is 1. The van der Waals surface area contributed by atoms with Crippen molar-refractivity contribution in [2.45, 2.75) is 45.0 Å². The van der Waals surface area contributed by atoms with Crippen molar-refractivity contribution in [1.29, 1.82) is 0 Å². The normalized spacial score (nSPS) is 13.0. The molecule has 0 aromatic carbocycles. The van der Waals surface area contributed by atoms with Crippen LogP contribution < -0.4 is 5.32 Å². The zero-order valence-corrected chi connectivity index (χ0v) is 11.3. The second kappa shape index (κ2) is 6.07.